The summed E-state index contributed by atoms with van der Waals surface area (Å²) in [7, 11) is 5.17. The second kappa shape index (κ2) is 9.73. The summed E-state index contributed by atoms with van der Waals surface area (Å²) < 4.78 is 24.3. The highest BCUT2D eigenvalue weighted by molar-refractivity contribution is 5.79. The molecular formula is C19H31FN4O2. The predicted octanol–water partition coefficient (Wildman–Crippen LogP) is 1.95. The first-order chi connectivity index (χ1) is 12.5. The summed E-state index contributed by atoms with van der Waals surface area (Å²) in [5.74, 6) is 0.692. The quantitative estimate of drug-likeness (QED) is 0.616. The van der Waals surface area contributed by atoms with E-state index in [0.717, 1.165) is 37.8 Å². The van der Waals surface area contributed by atoms with Crippen LogP contribution in [0.3, 0.4) is 0 Å². The SMILES string of the molecule is CN=C(NCC(C)N1CCOCC1C)N(C)Cc1ccc(OC)c(F)c1. The van der Waals surface area contributed by atoms with Crippen molar-refractivity contribution in [3.05, 3.63) is 29.6 Å². The number of benzene rings is 1. The molecule has 0 saturated carbocycles. The number of aliphatic imine (C=N–C) groups is 1. The van der Waals surface area contributed by atoms with E-state index in [2.05, 4.69) is 29.1 Å². The van der Waals surface area contributed by atoms with Gasteiger partial charge in [0, 0.05) is 45.8 Å². The Hall–Kier alpha value is -1.86. The van der Waals surface area contributed by atoms with Gasteiger partial charge in [0.15, 0.2) is 17.5 Å². The normalized spacial score (nSPS) is 19.9. The van der Waals surface area contributed by atoms with Gasteiger partial charge in [-0.05, 0) is 31.5 Å². The maximum Gasteiger partial charge on any atom is 0.193 e. The first-order valence-electron chi connectivity index (χ1n) is 9.04. The fraction of sp³-hybridized carbons (Fsp3) is 0.632. The van der Waals surface area contributed by atoms with Crippen molar-refractivity contribution in [1.29, 1.82) is 0 Å². The van der Waals surface area contributed by atoms with E-state index in [0.29, 0.717) is 18.6 Å². The van der Waals surface area contributed by atoms with Crippen molar-refractivity contribution in [2.75, 3.05) is 47.5 Å². The lowest BCUT2D eigenvalue weighted by Gasteiger charge is -2.38. The number of hydrogen-bond donors (Lipinski definition) is 1. The van der Waals surface area contributed by atoms with Crippen LogP contribution in [-0.2, 0) is 11.3 Å². The summed E-state index contributed by atoms with van der Waals surface area (Å²) in [6.45, 7) is 8.26. The van der Waals surface area contributed by atoms with Crippen LogP contribution in [0.15, 0.2) is 23.2 Å². The molecule has 0 amide bonds. The number of halogens is 1. The van der Waals surface area contributed by atoms with E-state index in [-0.39, 0.29) is 11.6 Å². The molecule has 0 aliphatic carbocycles. The molecule has 1 N–H and O–H groups in total. The summed E-state index contributed by atoms with van der Waals surface area (Å²) in [6, 6.07) is 5.81. The van der Waals surface area contributed by atoms with Crippen LogP contribution in [0, 0.1) is 5.82 Å². The number of morpholine rings is 1. The molecule has 6 nitrogen and oxygen atoms in total. The molecule has 1 aromatic carbocycles. The first kappa shape index (κ1) is 20.5. The Morgan fingerprint density at radius 1 is 1.54 bits per heavy atom. The summed E-state index contributed by atoms with van der Waals surface area (Å²) in [5, 5.41) is 3.42. The zero-order valence-corrected chi connectivity index (χ0v) is 16.5. The van der Waals surface area contributed by atoms with Gasteiger partial charge in [0.25, 0.3) is 0 Å². The molecule has 1 fully saturated rings. The number of nitrogens with one attached hydrogen (secondary N) is 1. The number of guanidine groups is 1. The van der Waals surface area contributed by atoms with Crippen molar-refractivity contribution >= 4 is 5.96 Å². The molecule has 146 valence electrons. The Morgan fingerprint density at radius 3 is 2.92 bits per heavy atom. The van der Waals surface area contributed by atoms with Crippen LogP contribution in [0.25, 0.3) is 0 Å². The molecular weight excluding hydrogens is 335 g/mol. The standard InChI is InChI=1S/C19H31FN4O2/c1-14(24-8-9-26-13-15(24)2)11-22-19(21-3)23(4)12-16-6-7-18(25-5)17(20)10-16/h6-7,10,14-15H,8-9,11-13H2,1-5H3,(H,21,22). The highest BCUT2D eigenvalue weighted by Gasteiger charge is 2.23. The summed E-state index contributed by atoms with van der Waals surface area (Å²) >= 11 is 0. The van der Waals surface area contributed by atoms with Crippen LogP contribution in [-0.4, -0.2) is 75.4 Å². The average Bonchev–Trinajstić information content (AvgIpc) is 2.62. The summed E-state index contributed by atoms with van der Waals surface area (Å²) in [5.41, 5.74) is 0.864. The zero-order chi connectivity index (χ0) is 19.1. The monoisotopic (exact) mass is 366 g/mol. The number of hydrogen-bond acceptors (Lipinski definition) is 4. The Kier molecular flexibility index (Phi) is 7.66. The molecule has 0 spiro atoms. The molecule has 0 radical (unpaired) electrons. The molecule has 2 unspecified atom stereocenters. The van der Waals surface area contributed by atoms with E-state index in [1.54, 1.807) is 13.1 Å². The van der Waals surface area contributed by atoms with Crippen LogP contribution >= 0.6 is 0 Å². The molecule has 1 heterocycles. The van der Waals surface area contributed by atoms with Crippen molar-refractivity contribution in [3.8, 4) is 5.75 Å². The van der Waals surface area contributed by atoms with Crippen molar-refractivity contribution in [3.63, 3.8) is 0 Å². The van der Waals surface area contributed by atoms with Crippen LogP contribution in [0.4, 0.5) is 4.39 Å². The fourth-order valence-electron chi connectivity index (χ4n) is 3.29. The molecule has 26 heavy (non-hydrogen) atoms. The number of methoxy groups -OCH3 is 1. The van der Waals surface area contributed by atoms with E-state index in [1.165, 1.54) is 13.2 Å². The Morgan fingerprint density at radius 2 is 2.31 bits per heavy atom. The molecule has 0 bridgehead atoms. The minimum atomic E-state index is -0.351. The van der Waals surface area contributed by atoms with Crippen molar-refractivity contribution in [2.24, 2.45) is 4.99 Å². The van der Waals surface area contributed by atoms with Crippen LogP contribution in [0.1, 0.15) is 19.4 Å². The smallest absolute Gasteiger partial charge is 0.193 e. The molecule has 1 saturated heterocycles. The van der Waals surface area contributed by atoms with Crippen LogP contribution < -0.4 is 10.1 Å². The molecule has 1 aliphatic rings. The maximum atomic E-state index is 13.9. The van der Waals surface area contributed by atoms with Gasteiger partial charge in [-0.3, -0.25) is 9.89 Å². The Labute approximate surface area is 156 Å². The minimum Gasteiger partial charge on any atom is -0.494 e. The maximum absolute atomic E-state index is 13.9. The third-order valence-corrected chi connectivity index (χ3v) is 4.75. The van der Waals surface area contributed by atoms with Gasteiger partial charge in [-0.2, -0.15) is 0 Å². The molecule has 1 aromatic rings. The molecule has 2 atom stereocenters. The second-order valence-electron chi connectivity index (χ2n) is 6.76. The van der Waals surface area contributed by atoms with Gasteiger partial charge in [0.1, 0.15) is 0 Å². The van der Waals surface area contributed by atoms with Gasteiger partial charge in [-0.1, -0.05) is 6.07 Å². The van der Waals surface area contributed by atoms with Crippen LogP contribution in [0.2, 0.25) is 0 Å². The molecule has 7 heteroatoms. The first-order valence-corrected chi connectivity index (χ1v) is 9.04. The third-order valence-electron chi connectivity index (χ3n) is 4.75. The second-order valence-corrected chi connectivity index (χ2v) is 6.76. The predicted molar refractivity (Wildman–Crippen MR) is 102 cm³/mol. The van der Waals surface area contributed by atoms with E-state index in [1.807, 2.05) is 18.0 Å². The van der Waals surface area contributed by atoms with Gasteiger partial charge < -0.3 is 19.7 Å². The lowest BCUT2D eigenvalue weighted by atomic mass is 10.2. The van der Waals surface area contributed by atoms with E-state index in [9.17, 15) is 4.39 Å². The van der Waals surface area contributed by atoms with E-state index < -0.39 is 0 Å². The molecule has 0 aromatic heterocycles. The fourth-order valence-corrected chi connectivity index (χ4v) is 3.29. The molecule has 2 rings (SSSR count). The van der Waals surface area contributed by atoms with Gasteiger partial charge in [0.2, 0.25) is 0 Å². The number of rotatable bonds is 6. The lowest BCUT2D eigenvalue weighted by Crippen LogP contribution is -2.53. The Balaban J connectivity index is 1.90. The highest BCUT2D eigenvalue weighted by Crippen LogP contribution is 2.18. The van der Waals surface area contributed by atoms with Crippen molar-refractivity contribution in [1.82, 2.24) is 15.1 Å². The largest absolute Gasteiger partial charge is 0.494 e. The molecule has 1 aliphatic heterocycles. The van der Waals surface area contributed by atoms with Gasteiger partial charge in [-0.15, -0.1) is 0 Å². The van der Waals surface area contributed by atoms with Crippen LogP contribution in [0.5, 0.6) is 5.75 Å². The van der Waals surface area contributed by atoms with E-state index >= 15 is 0 Å². The minimum absolute atomic E-state index is 0.257. The number of ether oxygens (including phenoxy) is 2. The van der Waals surface area contributed by atoms with Gasteiger partial charge in [-0.25, -0.2) is 4.39 Å². The number of nitrogens with zero attached hydrogens (tertiary/aromatic N) is 3. The van der Waals surface area contributed by atoms with Crippen molar-refractivity contribution < 1.29 is 13.9 Å². The lowest BCUT2D eigenvalue weighted by molar-refractivity contribution is -0.0175. The Bertz CT molecular complexity index is 611. The van der Waals surface area contributed by atoms with E-state index in [4.69, 9.17) is 9.47 Å². The van der Waals surface area contributed by atoms with Gasteiger partial charge >= 0.3 is 0 Å². The summed E-state index contributed by atoms with van der Waals surface area (Å²) in [6.07, 6.45) is 0. The van der Waals surface area contributed by atoms with Crippen molar-refractivity contribution in [2.45, 2.75) is 32.5 Å². The van der Waals surface area contributed by atoms with Gasteiger partial charge in [0.05, 0.1) is 20.3 Å². The zero-order valence-electron chi connectivity index (χ0n) is 16.5. The third kappa shape index (κ3) is 5.32. The summed E-state index contributed by atoms with van der Waals surface area (Å²) in [4.78, 5) is 8.78. The highest BCUT2D eigenvalue weighted by atomic mass is 19.1. The topological polar surface area (TPSA) is 49.3 Å². The average molecular weight is 366 g/mol.